The van der Waals surface area contributed by atoms with E-state index in [-0.39, 0.29) is 23.4 Å². The number of para-hydroxylation sites is 1. The summed E-state index contributed by atoms with van der Waals surface area (Å²) in [5.41, 5.74) is 8.99. The lowest BCUT2D eigenvalue weighted by Gasteiger charge is -2.28. The largest absolute Gasteiger partial charge is 0.382 e. The summed E-state index contributed by atoms with van der Waals surface area (Å²) in [7, 11) is 1.69. The first-order valence-corrected chi connectivity index (χ1v) is 8.21. The lowest BCUT2D eigenvalue weighted by atomic mass is 10.1. The molecule has 2 heterocycles. The van der Waals surface area contributed by atoms with E-state index in [4.69, 9.17) is 11.1 Å². The zero-order valence-electron chi connectivity index (χ0n) is 15.2. The Kier molecular flexibility index (Phi) is 4.41. The Morgan fingerprint density at radius 3 is 2.50 bits per heavy atom. The van der Waals surface area contributed by atoms with Gasteiger partial charge in [0.2, 0.25) is 11.5 Å². The van der Waals surface area contributed by atoms with Crippen LogP contribution < -0.4 is 16.3 Å². The molecule has 0 spiro atoms. The maximum absolute atomic E-state index is 12.3. The molecule has 3 aromatic rings. The summed E-state index contributed by atoms with van der Waals surface area (Å²) in [5, 5.41) is 7.84. The minimum absolute atomic E-state index is 0.0131. The monoisotopic (exact) mass is 351 g/mol. The lowest BCUT2D eigenvalue weighted by Crippen LogP contribution is -2.33. The number of carbonyl (C=O) groups is 1. The number of nitrogens with one attached hydrogen (secondary N) is 1. The molecule has 0 fully saturated rings. The third-order valence-electron chi connectivity index (χ3n) is 4.35. The summed E-state index contributed by atoms with van der Waals surface area (Å²) in [6.45, 7) is 5.26. The lowest BCUT2D eigenvalue weighted by molar-refractivity contribution is -0.117. The molecule has 1 atom stereocenters. The molecule has 26 heavy (non-hydrogen) atoms. The third kappa shape index (κ3) is 2.90. The molecule has 0 bridgehead atoms. The Balaban J connectivity index is 2.19. The van der Waals surface area contributed by atoms with Gasteiger partial charge in [-0.3, -0.25) is 14.8 Å². The molecule has 2 aromatic heterocycles. The van der Waals surface area contributed by atoms with E-state index >= 15 is 0 Å². The van der Waals surface area contributed by atoms with Gasteiger partial charge in [0.15, 0.2) is 11.5 Å². The van der Waals surface area contributed by atoms with Gasteiger partial charge in [0, 0.05) is 19.7 Å². The van der Waals surface area contributed by atoms with E-state index in [0.29, 0.717) is 22.6 Å². The van der Waals surface area contributed by atoms with E-state index in [1.54, 1.807) is 11.9 Å². The Morgan fingerprint density at radius 2 is 1.88 bits per heavy atom. The zero-order chi connectivity index (χ0) is 19.0. The van der Waals surface area contributed by atoms with Crippen molar-refractivity contribution in [2.75, 3.05) is 10.6 Å². The fraction of sp³-hybridized carbons (Fsp3) is 0.278. The molecule has 0 aliphatic rings. The molecular weight excluding hydrogens is 330 g/mol. The van der Waals surface area contributed by atoms with Gasteiger partial charge in [-0.05, 0) is 26.0 Å². The maximum Gasteiger partial charge on any atom is 0.225 e. The number of rotatable bonds is 3. The fourth-order valence-electron chi connectivity index (χ4n) is 3.05. The molecule has 0 aliphatic heterocycles. The highest BCUT2D eigenvalue weighted by atomic mass is 16.2. The molecule has 8 heteroatoms. The van der Waals surface area contributed by atoms with Crippen molar-refractivity contribution >= 4 is 28.6 Å². The van der Waals surface area contributed by atoms with Crippen LogP contribution in [0.5, 0.6) is 0 Å². The number of hydrogen-bond donors (Lipinski definition) is 2. The van der Waals surface area contributed by atoms with E-state index in [9.17, 15) is 4.79 Å². The summed E-state index contributed by atoms with van der Waals surface area (Å²) < 4.78 is 1.53. The zero-order valence-corrected chi connectivity index (χ0v) is 15.2. The summed E-state index contributed by atoms with van der Waals surface area (Å²) >= 11 is 0. The number of nitrogens with two attached hydrogens (primary N) is 1. The predicted molar refractivity (Wildman–Crippen MR) is 99.3 cm³/mol. The molecule has 0 saturated carbocycles. The number of amides is 1. The van der Waals surface area contributed by atoms with Crippen LogP contribution in [0.3, 0.4) is 0 Å². The maximum atomic E-state index is 12.3. The summed E-state index contributed by atoms with van der Waals surface area (Å²) in [4.78, 5) is 27.2. The molecule has 0 saturated heterocycles. The van der Waals surface area contributed by atoms with Crippen molar-refractivity contribution in [3.8, 4) is 0 Å². The van der Waals surface area contributed by atoms with E-state index in [1.807, 2.05) is 44.2 Å². The highest BCUT2D eigenvalue weighted by molar-refractivity contribution is 5.92. The molecule has 1 amide bonds. The number of anilines is 2. The van der Waals surface area contributed by atoms with E-state index in [2.05, 4.69) is 15.0 Å². The first kappa shape index (κ1) is 17.5. The number of nitrogen functional groups attached to an aromatic ring is 1. The van der Waals surface area contributed by atoms with Crippen LogP contribution in [0.1, 0.15) is 31.3 Å². The number of aryl methyl sites for hydroxylation is 2. The van der Waals surface area contributed by atoms with Crippen molar-refractivity contribution in [3.63, 3.8) is 0 Å². The van der Waals surface area contributed by atoms with Gasteiger partial charge in [-0.25, -0.2) is 9.97 Å². The molecular formula is C18H21N7O. The third-order valence-corrected chi connectivity index (χ3v) is 4.35. The fourth-order valence-corrected chi connectivity index (χ4v) is 3.05. The van der Waals surface area contributed by atoms with Gasteiger partial charge in [-0.2, -0.15) is 4.98 Å². The van der Waals surface area contributed by atoms with Gasteiger partial charge in [-0.15, -0.1) is 0 Å². The average molecular weight is 351 g/mol. The molecule has 3 rings (SSSR count). The molecule has 134 valence electrons. The minimum atomic E-state index is -0.341. The van der Waals surface area contributed by atoms with E-state index < -0.39 is 0 Å². The SMILES string of the molecule is CC(=O)N(c1ccccc1)C(C)c1nc2c(N)nc(=N)n(C)c2nc1C. The van der Waals surface area contributed by atoms with E-state index in [1.165, 1.54) is 11.5 Å². The van der Waals surface area contributed by atoms with Crippen molar-refractivity contribution in [1.29, 1.82) is 5.41 Å². The van der Waals surface area contributed by atoms with Crippen molar-refractivity contribution in [1.82, 2.24) is 19.5 Å². The quantitative estimate of drug-likeness (QED) is 0.747. The average Bonchev–Trinajstić information content (AvgIpc) is 2.60. The van der Waals surface area contributed by atoms with Gasteiger partial charge < -0.3 is 10.6 Å². The Hall–Kier alpha value is -3.29. The molecule has 0 aliphatic carbocycles. The smallest absolute Gasteiger partial charge is 0.225 e. The van der Waals surface area contributed by atoms with Crippen molar-refractivity contribution in [2.45, 2.75) is 26.8 Å². The molecule has 3 N–H and O–H groups in total. The summed E-state index contributed by atoms with van der Waals surface area (Å²) in [6.07, 6.45) is 0. The van der Waals surface area contributed by atoms with Crippen LogP contribution in [0.4, 0.5) is 11.5 Å². The van der Waals surface area contributed by atoms with Gasteiger partial charge in [0.05, 0.1) is 17.4 Å². The second kappa shape index (κ2) is 6.55. The van der Waals surface area contributed by atoms with Gasteiger partial charge >= 0.3 is 0 Å². The van der Waals surface area contributed by atoms with Crippen LogP contribution in [0.2, 0.25) is 0 Å². The number of hydrogen-bond acceptors (Lipinski definition) is 6. The molecule has 0 radical (unpaired) electrons. The topological polar surface area (TPSA) is 114 Å². The highest BCUT2D eigenvalue weighted by Gasteiger charge is 2.24. The molecule has 1 aromatic carbocycles. The summed E-state index contributed by atoms with van der Waals surface area (Å²) in [5.74, 6) is 0.0568. The van der Waals surface area contributed by atoms with Crippen LogP contribution in [0, 0.1) is 12.3 Å². The van der Waals surface area contributed by atoms with Gasteiger partial charge in [-0.1, -0.05) is 18.2 Å². The van der Waals surface area contributed by atoms with Crippen LogP contribution in [0.25, 0.3) is 11.2 Å². The Bertz CT molecular complexity index is 1040. The Morgan fingerprint density at radius 1 is 1.23 bits per heavy atom. The van der Waals surface area contributed by atoms with Crippen LogP contribution >= 0.6 is 0 Å². The highest BCUT2D eigenvalue weighted by Crippen LogP contribution is 2.28. The molecule has 1 unspecified atom stereocenters. The Labute approximate surface area is 150 Å². The van der Waals surface area contributed by atoms with Gasteiger partial charge in [0.1, 0.15) is 5.52 Å². The minimum Gasteiger partial charge on any atom is -0.382 e. The van der Waals surface area contributed by atoms with Crippen molar-refractivity contribution in [2.24, 2.45) is 7.05 Å². The van der Waals surface area contributed by atoms with Crippen molar-refractivity contribution < 1.29 is 4.79 Å². The number of benzene rings is 1. The normalized spacial score (nSPS) is 12.2. The van der Waals surface area contributed by atoms with Crippen LogP contribution in [-0.4, -0.2) is 25.4 Å². The number of fused-ring (bicyclic) bond motifs is 1. The van der Waals surface area contributed by atoms with E-state index in [0.717, 1.165) is 5.69 Å². The van der Waals surface area contributed by atoms with Crippen LogP contribution in [0.15, 0.2) is 30.3 Å². The van der Waals surface area contributed by atoms with Gasteiger partial charge in [0.25, 0.3) is 0 Å². The number of aromatic nitrogens is 4. The number of nitrogens with zero attached hydrogens (tertiary/aromatic N) is 5. The second-order valence-electron chi connectivity index (χ2n) is 6.15. The number of carbonyl (C=O) groups excluding carboxylic acids is 1. The van der Waals surface area contributed by atoms with Crippen LogP contribution in [-0.2, 0) is 11.8 Å². The predicted octanol–water partition coefficient (Wildman–Crippen LogP) is 1.85. The first-order chi connectivity index (χ1) is 12.3. The van der Waals surface area contributed by atoms with Crippen molar-refractivity contribution in [3.05, 3.63) is 47.3 Å². The standard InChI is InChI=1S/C18H21N7O/c1-10-14(11(2)25(12(3)26)13-8-6-5-7-9-13)22-15-16(19)23-18(20)24(4)17(15)21-10/h5-9,11H,1-4H3,(H3,19,20,23). The second-order valence-corrected chi connectivity index (χ2v) is 6.15. The first-order valence-electron chi connectivity index (χ1n) is 8.21. The summed E-state index contributed by atoms with van der Waals surface area (Å²) in [6, 6.07) is 9.09. The molecule has 8 nitrogen and oxygen atoms in total.